The maximum atomic E-state index is 11.6. The lowest BCUT2D eigenvalue weighted by molar-refractivity contribution is -0.126. The van der Waals surface area contributed by atoms with Crippen molar-refractivity contribution in [2.75, 3.05) is 26.7 Å². The number of benzene rings is 1. The van der Waals surface area contributed by atoms with Gasteiger partial charge in [0.25, 0.3) is 0 Å². The number of piperidine rings is 1. The highest BCUT2D eigenvalue weighted by Gasteiger charge is 2.25. The average molecular weight is 341 g/mol. The van der Waals surface area contributed by atoms with Gasteiger partial charge in [0.05, 0.1) is 6.10 Å². The minimum absolute atomic E-state index is 0.122. The van der Waals surface area contributed by atoms with Crippen molar-refractivity contribution in [1.82, 2.24) is 10.2 Å². The zero-order chi connectivity index (χ0) is 14.5. The minimum atomic E-state index is -0.498. The Hall–Kier alpha value is -0.910. The van der Waals surface area contributed by atoms with Gasteiger partial charge in [-0.1, -0.05) is 34.1 Å². The summed E-state index contributed by atoms with van der Waals surface area (Å²) in [5.41, 5.74) is 0.918. The lowest BCUT2D eigenvalue weighted by Crippen LogP contribution is -2.41. The number of aliphatic hydroxyl groups excluding tert-OH is 1. The fourth-order valence-electron chi connectivity index (χ4n) is 2.67. The quantitative estimate of drug-likeness (QED) is 0.880. The molecule has 0 bridgehead atoms. The second kappa shape index (κ2) is 7.20. The van der Waals surface area contributed by atoms with Crippen LogP contribution in [-0.2, 0) is 4.79 Å². The van der Waals surface area contributed by atoms with Crippen LogP contribution < -0.4 is 5.32 Å². The van der Waals surface area contributed by atoms with Crippen LogP contribution in [0.1, 0.15) is 24.5 Å². The summed E-state index contributed by atoms with van der Waals surface area (Å²) in [5.74, 6) is 0.257. The van der Waals surface area contributed by atoms with E-state index in [9.17, 15) is 9.90 Å². The van der Waals surface area contributed by atoms with E-state index in [-0.39, 0.29) is 11.8 Å². The van der Waals surface area contributed by atoms with Crippen molar-refractivity contribution >= 4 is 21.8 Å². The van der Waals surface area contributed by atoms with Gasteiger partial charge < -0.3 is 15.3 Å². The highest BCUT2D eigenvalue weighted by molar-refractivity contribution is 9.10. The Morgan fingerprint density at radius 1 is 1.45 bits per heavy atom. The molecule has 0 radical (unpaired) electrons. The molecule has 1 aromatic carbocycles. The Morgan fingerprint density at radius 2 is 2.10 bits per heavy atom. The number of aliphatic hydroxyl groups is 1. The monoisotopic (exact) mass is 340 g/mol. The number of β-amino-alcohol motifs (C(OH)–C–C–N with tert-alkyl or cyclic N) is 1. The Bertz CT molecular complexity index is 459. The predicted molar refractivity (Wildman–Crippen MR) is 82.3 cm³/mol. The first-order valence-electron chi connectivity index (χ1n) is 6.98. The molecular weight excluding hydrogens is 320 g/mol. The molecule has 20 heavy (non-hydrogen) atoms. The number of carbonyl (C=O) groups is 1. The van der Waals surface area contributed by atoms with Crippen molar-refractivity contribution < 1.29 is 9.90 Å². The van der Waals surface area contributed by atoms with Crippen LogP contribution in [0.25, 0.3) is 0 Å². The maximum Gasteiger partial charge on any atom is 0.222 e. The number of amides is 1. The zero-order valence-electron chi connectivity index (χ0n) is 11.7. The van der Waals surface area contributed by atoms with Crippen LogP contribution in [0.3, 0.4) is 0 Å². The SMILES string of the molecule is CNC(=O)C1CCN(CC(O)c2ccccc2Br)CC1. The Balaban J connectivity index is 1.87. The van der Waals surface area contributed by atoms with Crippen molar-refractivity contribution in [2.45, 2.75) is 18.9 Å². The van der Waals surface area contributed by atoms with Crippen LogP contribution in [0.15, 0.2) is 28.7 Å². The van der Waals surface area contributed by atoms with Crippen LogP contribution in [0.5, 0.6) is 0 Å². The number of nitrogens with zero attached hydrogens (tertiary/aromatic N) is 1. The van der Waals surface area contributed by atoms with Crippen molar-refractivity contribution in [3.8, 4) is 0 Å². The summed E-state index contributed by atoms with van der Waals surface area (Å²) in [6.07, 6.45) is 1.23. The van der Waals surface area contributed by atoms with E-state index in [2.05, 4.69) is 26.1 Å². The van der Waals surface area contributed by atoms with Gasteiger partial charge in [-0.25, -0.2) is 0 Å². The molecule has 4 nitrogen and oxygen atoms in total. The van der Waals surface area contributed by atoms with Gasteiger partial charge in [-0.2, -0.15) is 0 Å². The molecule has 2 N–H and O–H groups in total. The Morgan fingerprint density at radius 3 is 2.70 bits per heavy atom. The number of nitrogens with one attached hydrogen (secondary N) is 1. The van der Waals surface area contributed by atoms with E-state index in [0.29, 0.717) is 6.54 Å². The van der Waals surface area contributed by atoms with E-state index in [0.717, 1.165) is 36.0 Å². The van der Waals surface area contributed by atoms with Gasteiger partial charge in [-0.3, -0.25) is 4.79 Å². The first-order chi connectivity index (χ1) is 9.61. The van der Waals surface area contributed by atoms with Crippen LogP contribution in [0, 0.1) is 5.92 Å². The van der Waals surface area contributed by atoms with Crippen LogP contribution in [0.4, 0.5) is 0 Å². The zero-order valence-corrected chi connectivity index (χ0v) is 13.3. The van der Waals surface area contributed by atoms with E-state index < -0.39 is 6.10 Å². The average Bonchev–Trinajstić information content (AvgIpc) is 2.47. The van der Waals surface area contributed by atoms with Crippen molar-refractivity contribution in [1.29, 1.82) is 0 Å². The Labute approximate surface area is 128 Å². The van der Waals surface area contributed by atoms with Crippen molar-refractivity contribution in [3.63, 3.8) is 0 Å². The first-order valence-corrected chi connectivity index (χ1v) is 7.77. The molecule has 0 spiro atoms. The van der Waals surface area contributed by atoms with Gasteiger partial charge in [0.2, 0.25) is 5.91 Å². The van der Waals surface area contributed by atoms with Gasteiger partial charge in [-0.15, -0.1) is 0 Å². The molecule has 1 unspecified atom stereocenters. The van der Waals surface area contributed by atoms with Crippen LogP contribution in [0.2, 0.25) is 0 Å². The standard InChI is InChI=1S/C15H21BrN2O2/c1-17-15(20)11-6-8-18(9-7-11)10-14(19)12-4-2-3-5-13(12)16/h2-5,11,14,19H,6-10H2,1H3,(H,17,20). The lowest BCUT2D eigenvalue weighted by atomic mass is 9.95. The van der Waals surface area contributed by atoms with Crippen molar-refractivity contribution in [2.24, 2.45) is 5.92 Å². The van der Waals surface area contributed by atoms with Gasteiger partial charge in [0.1, 0.15) is 0 Å². The molecule has 2 rings (SSSR count). The van der Waals surface area contributed by atoms with E-state index in [4.69, 9.17) is 0 Å². The number of carbonyl (C=O) groups excluding carboxylic acids is 1. The van der Waals surface area contributed by atoms with Gasteiger partial charge >= 0.3 is 0 Å². The number of rotatable bonds is 4. The lowest BCUT2D eigenvalue weighted by Gasteiger charge is -2.32. The normalized spacial score (nSPS) is 18.8. The van der Waals surface area contributed by atoms with Gasteiger partial charge in [-0.05, 0) is 37.6 Å². The summed E-state index contributed by atoms with van der Waals surface area (Å²) < 4.78 is 0.938. The second-order valence-corrected chi connectivity index (χ2v) is 6.08. The minimum Gasteiger partial charge on any atom is -0.387 e. The summed E-state index contributed by atoms with van der Waals surface area (Å²) >= 11 is 3.47. The van der Waals surface area contributed by atoms with Crippen LogP contribution in [-0.4, -0.2) is 42.6 Å². The van der Waals surface area contributed by atoms with E-state index in [1.807, 2.05) is 24.3 Å². The topological polar surface area (TPSA) is 52.6 Å². The van der Waals surface area contributed by atoms with E-state index in [1.165, 1.54) is 0 Å². The largest absolute Gasteiger partial charge is 0.387 e. The summed E-state index contributed by atoms with van der Waals surface area (Å²) in [4.78, 5) is 13.8. The third-order valence-corrected chi connectivity index (χ3v) is 4.62. The Kier molecular flexibility index (Phi) is 5.57. The molecule has 0 aromatic heterocycles. The number of hydrogen-bond acceptors (Lipinski definition) is 3. The summed E-state index contributed by atoms with van der Waals surface area (Å²) in [6, 6.07) is 7.75. The fourth-order valence-corrected chi connectivity index (χ4v) is 3.22. The third-order valence-electron chi connectivity index (χ3n) is 3.90. The maximum absolute atomic E-state index is 11.6. The molecule has 1 fully saturated rings. The smallest absolute Gasteiger partial charge is 0.222 e. The second-order valence-electron chi connectivity index (χ2n) is 5.23. The molecule has 5 heteroatoms. The predicted octanol–water partition coefficient (Wildman–Crippen LogP) is 1.94. The number of halogens is 1. The number of likely N-dealkylation sites (tertiary alicyclic amines) is 1. The molecule has 0 aliphatic carbocycles. The van der Waals surface area contributed by atoms with Gasteiger partial charge in [0.15, 0.2) is 0 Å². The molecule has 1 heterocycles. The first kappa shape index (κ1) is 15.5. The molecule has 1 amide bonds. The molecule has 1 aromatic rings. The third kappa shape index (κ3) is 3.81. The van der Waals surface area contributed by atoms with E-state index in [1.54, 1.807) is 7.05 Å². The van der Waals surface area contributed by atoms with Crippen LogP contribution >= 0.6 is 15.9 Å². The number of hydrogen-bond donors (Lipinski definition) is 2. The van der Waals surface area contributed by atoms with E-state index >= 15 is 0 Å². The van der Waals surface area contributed by atoms with Gasteiger partial charge in [0, 0.05) is 24.0 Å². The molecule has 1 saturated heterocycles. The summed E-state index contributed by atoms with van der Waals surface area (Å²) in [6.45, 7) is 2.34. The molecule has 0 saturated carbocycles. The highest BCUT2D eigenvalue weighted by atomic mass is 79.9. The molecule has 110 valence electrons. The summed E-state index contributed by atoms with van der Waals surface area (Å²) in [5, 5.41) is 13.0. The summed E-state index contributed by atoms with van der Waals surface area (Å²) in [7, 11) is 1.69. The molecule has 1 aliphatic heterocycles. The highest BCUT2D eigenvalue weighted by Crippen LogP contribution is 2.25. The molecule has 1 atom stereocenters. The van der Waals surface area contributed by atoms with Crippen molar-refractivity contribution in [3.05, 3.63) is 34.3 Å². The fraction of sp³-hybridized carbons (Fsp3) is 0.533. The molecular formula is C15H21BrN2O2. The molecule has 1 aliphatic rings.